The molecule has 2 aromatic rings. The van der Waals surface area contributed by atoms with E-state index >= 15 is 0 Å². The maximum atomic E-state index is 13.9. The van der Waals surface area contributed by atoms with Crippen LogP contribution in [0.1, 0.15) is 5.56 Å². The molecule has 0 saturated carbocycles. The molecule has 1 aromatic carbocycles. The van der Waals surface area contributed by atoms with Crippen molar-refractivity contribution in [1.82, 2.24) is 14.8 Å². The van der Waals surface area contributed by atoms with Crippen LogP contribution in [-0.4, -0.2) is 21.9 Å². The van der Waals surface area contributed by atoms with Crippen molar-refractivity contribution >= 4 is 11.6 Å². The molecule has 4 nitrogen and oxygen atoms in total. The highest BCUT2D eigenvalue weighted by Gasteiger charge is 2.14. The zero-order chi connectivity index (χ0) is 11.5. The van der Waals surface area contributed by atoms with Crippen LogP contribution in [-0.2, 0) is 5.88 Å². The zero-order valence-corrected chi connectivity index (χ0v) is 9.28. The van der Waals surface area contributed by atoms with E-state index in [0.29, 0.717) is 11.3 Å². The largest absolute Gasteiger partial charge is 0.494 e. The molecule has 0 bridgehead atoms. The van der Waals surface area contributed by atoms with Gasteiger partial charge in [-0.05, 0) is 12.1 Å². The second-order valence-electron chi connectivity index (χ2n) is 3.08. The Balaban J connectivity index is 2.59. The number of hydrogen-bond donors (Lipinski definition) is 0. The van der Waals surface area contributed by atoms with Crippen LogP contribution in [0.5, 0.6) is 5.75 Å². The summed E-state index contributed by atoms with van der Waals surface area (Å²) < 4.78 is 20.3. The zero-order valence-electron chi connectivity index (χ0n) is 8.52. The quantitative estimate of drug-likeness (QED) is 0.773. The monoisotopic (exact) mass is 241 g/mol. The van der Waals surface area contributed by atoms with E-state index in [-0.39, 0.29) is 11.6 Å². The number of hydrogen-bond acceptors (Lipinski definition) is 3. The number of rotatable bonds is 3. The van der Waals surface area contributed by atoms with Crippen LogP contribution >= 0.6 is 11.6 Å². The number of ether oxygens (including phenoxy) is 1. The summed E-state index contributed by atoms with van der Waals surface area (Å²) in [6, 6.07) is 3.25. The smallest absolute Gasteiger partial charge is 0.171 e. The van der Waals surface area contributed by atoms with Crippen LogP contribution in [0.4, 0.5) is 4.39 Å². The normalized spacial score (nSPS) is 10.4. The topological polar surface area (TPSA) is 39.9 Å². The van der Waals surface area contributed by atoms with Gasteiger partial charge in [0, 0.05) is 5.56 Å². The first kappa shape index (κ1) is 10.9. The fraction of sp³-hybridized carbons (Fsp3) is 0.200. The lowest BCUT2D eigenvalue weighted by atomic mass is 10.1. The Morgan fingerprint density at radius 3 is 2.62 bits per heavy atom. The minimum atomic E-state index is -0.455. The van der Waals surface area contributed by atoms with Crippen molar-refractivity contribution in [1.29, 1.82) is 0 Å². The van der Waals surface area contributed by atoms with Crippen LogP contribution in [0.15, 0.2) is 24.8 Å². The Morgan fingerprint density at radius 1 is 1.38 bits per heavy atom. The van der Waals surface area contributed by atoms with Gasteiger partial charge in [0.05, 0.1) is 18.7 Å². The third kappa shape index (κ3) is 1.74. The van der Waals surface area contributed by atoms with Gasteiger partial charge < -0.3 is 4.74 Å². The van der Waals surface area contributed by atoms with Gasteiger partial charge in [-0.1, -0.05) is 0 Å². The highest BCUT2D eigenvalue weighted by atomic mass is 35.5. The third-order valence-corrected chi connectivity index (χ3v) is 2.50. The number of alkyl halides is 1. The number of methoxy groups -OCH3 is 1. The third-order valence-electron chi connectivity index (χ3n) is 2.23. The van der Waals surface area contributed by atoms with Gasteiger partial charge in [-0.15, -0.1) is 21.8 Å². The van der Waals surface area contributed by atoms with E-state index in [1.165, 1.54) is 19.8 Å². The first-order chi connectivity index (χ1) is 7.77. The van der Waals surface area contributed by atoms with Crippen LogP contribution in [0.25, 0.3) is 5.69 Å². The van der Waals surface area contributed by atoms with Crippen LogP contribution in [0, 0.1) is 5.82 Å². The van der Waals surface area contributed by atoms with E-state index in [4.69, 9.17) is 16.3 Å². The minimum Gasteiger partial charge on any atom is -0.494 e. The molecule has 0 aliphatic rings. The molecule has 0 fully saturated rings. The van der Waals surface area contributed by atoms with E-state index in [9.17, 15) is 4.39 Å². The van der Waals surface area contributed by atoms with Crippen molar-refractivity contribution in [2.75, 3.05) is 7.11 Å². The fourth-order valence-corrected chi connectivity index (χ4v) is 1.70. The first-order valence-corrected chi connectivity index (χ1v) is 5.07. The molecule has 0 N–H and O–H groups in total. The summed E-state index contributed by atoms with van der Waals surface area (Å²) >= 11 is 5.73. The van der Waals surface area contributed by atoms with E-state index < -0.39 is 5.82 Å². The Bertz CT molecular complexity index is 487. The number of benzene rings is 1. The van der Waals surface area contributed by atoms with Crippen molar-refractivity contribution in [3.05, 3.63) is 36.2 Å². The molecule has 0 spiro atoms. The molecule has 0 unspecified atom stereocenters. The molecule has 84 valence electrons. The van der Waals surface area contributed by atoms with Crippen molar-refractivity contribution in [2.45, 2.75) is 5.88 Å². The summed E-state index contributed by atoms with van der Waals surface area (Å²) in [6.45, 7) is 0. The number of halogens is 2. The van der Waals surface area contributed by atoms with Gasteiger partial charge in [0.25, 0.3) is 0 Å². The number of aromatic nitrogens is 3. The lowest BCUT2D eigenvalue weighted by molar-refractivity contribution is 0.384. The van der Waals surface area contributed by atoms with Gasteiger partial charge >= 0.3 is 0 Å². The van der Waals surface area contributed by atoms with E-state index in [2.05, 4.69) is 10.2 Å². The van der Waals surface area contributed by atoms with Crippen molar-refractivity contribution in [3.63, 3.8) is 0 Å². The Morgan fingerprint density at radius 2 is 2.06 bits per heavy atom. The molecule has 0 aliphatic carbocycles. The van der Waals surface area contributed by atoms with Crippen molar-refractivity contribution in [3.8, 4) is 11.4 Å². The van der Waals surface area contributed by atoms with E-state index in [1.54, 1.807) is 16.7 Å². The fourth-order valence-electron chi connectivity index (χ4n) is 1.44. The van der Waals surface area contributed by atoms with Crippen LogP contribution < -0.4 is 4.74 Å². The molecule has 0 atom stereocenters. The molecule has 0 radical (unpaired) electrons. The van der Waals surface area contributed by atoms with Gasteiger partial charge in [0.2, 0.25) is 0 Å². The average molecular weight is 242 g/mol. The molecule has 1 heterocycles. The standard InChI is InChI=1S/C10H9ClFN3O/c1-16-9-3-2-8(7(4-11)10(9)12)15-5-13-14-6-15/h2-3,5-6H,4H2,1H3. The molecule has 0 aliphatic heterocycles. The Labute approximate surface area is 96.6 Å². The molecular weight excluding hydrogens is 233 g/mol. The molecular formula is C10H9ClFN3O. The predicted octanol–water partition coefficient (Wildman–Crippen LogP) is 2.15. The maximum absolute atomic E-state index is 13.9. The predicted molar refractivity (Wildman–Crippen MR) is 57.4 cm³/mol. The molecule has 1 aromatic heterocycles. The van der Waals surface area contributed by atoms with Gasteiger partial charge in [-0.25, -0.2) is 4.39 Å². The van der Waals surface area contributed by atoms with Crippen molar-refractivity contribution < 1.29 is 9.13 Å². The minimum absolute atomic E-state index is 0.0521. The van der Waals surface area contributed by atoms with Gasteiger partial charge in [0.1, 0.15) is 12.7 Å². The van der Waals surface area contributed by atoms with Crippen LogP contribution in [0.2, 0.25) is 0 Å². The van der Waals surface area contributed by atoms with Gasteiger partial charge in [-0.2, -0.15) is 0 Å². The summed E-state index contributed by atoms with van der Waals surface area (Å²) in [6.07, 6.45) is 2.97. The molecule has 6 heteroatoms. The molecule has 0 amide bonds. The van der Waals surface area contributed by atoms with Gasteiger partial charge in [0.15, 0.2) is 11.6 Å². The highest BCUT2D eigenvalue weighted by molar-refractivity contribution is 6.17. The number of nitrogens with zero attached hydrogens (tertiary/aromatic N) is 3. The first-order valence-electron chi connectivity index (χ1n) is 4.54. The van der Waals surface area contributed by atoms with Crippen molar-refractivity contribution in [2.24, 2.45) is 0 Å². The van der Waals surface area contributed by atoms with E-state index in [0.717, 1.165) is 0 Å². The summed E-state index contributed by atoms with van der Waals surface area (Å²) in [5, 5.41) is 7.32. The average Bonchev–Trinajstić information content (AvgIpc) is 2.82. The lowest BCUT2D eigenvalue weighted by Gasteiger charge is -2.11. The SMILES string of the molecule is COc1ccc(-n2cnnc2)c(CCl)c1F. The molecule has 0 saturated heterocycles. The summed E-state index contributed by atoms with van der Waals surface area (Å²) in [5.41, 5.74) is 0.971. The molecule has 16 heavy (non-hydrogen) atoms. The maximum Gasteiger partial charge on any atom is 0.171 e. The Kier molecular flexibility index (Phi) is 3.05. The van der Waals surface area contributed by atoms with Crippen LogP contribution in [0.3, 0.4) is 0 Å². The summed E-state index contributed by atoms with van der Waals surface area (Å²) in [7, 11) is 1.41. The van der Waals surface area contributed by atoms with E-state index in [1.807, 2.05) is 0 Å². The summed E-state index contributed by atoms with van der Waals surface area (Å²) in [4.78, 5) is 0. The molecule has 2 rings (SSSR count). The second-order valence-corrected chi connectivity index (χ2v) is 3.35. The highest BCUT2D eigenvalue weighted by Crippen LogP contribution is 2.27. The van der Waals surface area contributed by atoms with Gasteiger partial charge in [-0.3, -0.25) is 4.57 Å². The Hall–Kier alpha value is -1.62. The lowest BCUT2D eigenvalue weighted by Crippen LogP contribution is -2.01. The summed E-state index contributed by atoms with van der Waals surface area (Å²) in [5.74, 6) is -0.229. The second kappa shape index (κ2) is 4.49.